The SMILES string of the molecule is OC#Cc1cccc(Nc2ncnc3cc4c(cc23)OCCOCCOCCO4)c1. The van der Waals surface area contributed by atoms with Crippen molar-refractivity contribution in [3.8, 4) is 23.5 Å². The fraction of sp³-hybridized carbons (Fsp3) is 0.273. The molecule has 154 valence electrons. The van der Waals surface area contributed by atoms with Gasteiger partial charge in [-0.3, -0.25) is 0 Å². The van der Waals surface area contributed by atoms with Crippen LogP contribution < -0.4 is 14.8 Å². The molecule has 0 aliphatic carbocycles. The second kappa shape index (κ2) is 9.78. The minimum absolute atomic E-state index is 0.389. The van der Waals surface area contributed by atoms with E-state index >= 15 is 0 Å². The zero-order chi connectivity index (χ0) is 20.6. The highest BCUT2D eigenvalue weighted by Gasteiger charge is 2.13. The van der Waals surface area contributed by atoms with E-state index in [1.54, 1.807) is 0 Å². The molecule has 8 heteroatoms. The first kappa shape index (κ1) is 19.8. The van der Waals surface area contributed by atoms with Gasteiger partial charge in [0.15, 0.2) is 11.5 Å². The third kappa shape index (κ3) is 4.89. The van der Waals surface area contributed by atoms with E-state index in [0.29, 0.717) is 68.0 Å². The van der Waals surface area contributed by atoms with E-state index in [2.05, 4.69) is 21.2 Å². The van der Waals surface area contributed by atoms with Gasteiger partial charge in [0.2, 0.25) is 0 Å². The van der Waals surface area contributed by atoms with Crippen LogP contribution in [0.4, 0.5) is 11.5 Å². The van der Waals surface area contributed by atoms with Crippen LogP contribution in [0.3, 0.4) is 0 Å². The number of rotatable bonds is 2. The molecule has 0 saturated carbocycles. The van der Waals surface area contributed by atoms with Crippen LogP contribution in [0.1, 0.15) is 5.56 Å². The Hall–Kier alpha value is -3.54. The molecule has 30 heavy (non-hydrogen) atoms. The minimum atomic E-state index is 0.389. The van der Waals surface area contributed by atoms with Crippen LogP contribution in [0.2, 0.25) is 0 Å². The van der Waals surface area contributed by atoms with E-state index in [-0.39, 0.29) is 0 Å². The summed E-state index contributed by atoms with van der Waals surface area (Å²) in [5, 5.41) is 12.9. The van der Waals surface area contributed by atoms with Crippen molar-refractivity contribution < 1.29 is 24.1 Å². The van der Waals surface area contributed by atoms with Gasteiger partial charge in [-0.2, -0.15) is 0 Å². The van der Waals surface area contributed by atoms with Crippen LogP contribution in [-0.4, -0.2) is 54.7 Å². The number of hydrogen-bond donors (Lipinski definition) is 2. The molecule has 0 bridgehead atoms. The minimum Gasteiger partial charge on any atom is -0.487 e. The third-order valence-electron chi connectivity index (χ3n) is 4.37. The van der Waals surface area contributed by atoms with E-state index in [1.807, 2.05) is 42.5 Å². The molecule has 1 aliphatic heterocycles. The lowest BCUT2D eigenvalue weighted by Gasteiger charge is -2.16. The largest absolute Gasteiger partial charge is 0.487 e. The average Bonchev–Trinajstić information content (AvgIpc) is 2.74. The van der Waals surface area contributed by atoms with Gasteiger partial charge in [0.05, 0.1) is 31.9 Å². The first-order valence-electron chi connectivity index (χ1n) is 9.55. The predicted octanol–water partition coefficient (Wildman–Crippen LogP) is 2.86. The summed E-state index contributed by atoms with van der Waals surface area (Å²) < 4.78 is 22.7. The van der Waals surface area contributed by atoms with Crippen molar-refractivity contribution in [1.82, 2.24) is 9.97 Å². The maximum absolute atomic E-state index is 8.82. The van der Waals surface area contributed by atoms with Gasteiger partial charge in [0.1, 0.15) is 31.5 Å². The molecule has 0 fully saturated rings. The lowest BCUT2D eigenvalue weighted by molar-refractivity contribution is 0.0224. The smallest absolute Gasteiger partial charge is 0.163 e. The Balaban J connectivity index is 1.66. The normalized spacial score (nSPS) is 14.7. The van der Waals surface area contributed by atoms with Crippen molar-refractivity contribution in [3.05, 3.63) is 48.3 Å². The van der Waals surface area contributed by atoms with Crippen molar-refractivity contribution in [2.75, 3.05) is 45.0 Å². The maximum atomic E-state index is 8.82. The van der Waals surface area contributed by atoms with E-state index in [0.717, 1.165) is 11.1 Å². The molecular formula is C22H21N3O5. The summed E-state index contributed by atoms with van der Waals surface area (Å²) in [4.78, 5) is 8.75. The van der Waals surface area contributed by atoms with Crippen LogP contribution in [0.5, 0.6) is 11.5 Å². The Kier molecular flexibility index (Phi) is 6.44. The lowest BCUT2D eigenvalue weighted by Crippen LogP contribution is -2.15. The van der Waals surface area contributed by atoms with Crippen molar-refractivity contribution in [1.29, 1.82) is 0 Å². The molecule has 1 aliphatic rings. The average molecular weight is 407 g/mol. The number of fused-ring (bicyclic) bond motifs is 2. The van der Waals surface area contributed by atoms with Crippen molar-refractivity contribution in [3.63, 3.8) is 0 Å². The zero-order valence-electron chi connectivity index (χ0n) is 16.3. The van der Waals surface area contributed by atoms with Crippen molar-refractivity contribution in [2.24, 2.45) is 0 Å². The van der Waals surface area contributed by atoms with Gasteiger partial charge in [0.25, 0.3) is 0 Å². The molecule has 0 spiro atoms. The summed E-state index contributed by atoms with van der Waals surface area (Å²) in [5.74, 6) is 4.42. The van der Waals surface area contributed by atoms with Gasteiger partial charge >= 0.3 is 0 Å². The molecule has 3 aromatic rings. The van der Waals surface area contributed by atoms with E-state index in [1.165, 1.54) is 6.33 Å². The standard InChI is InChI=1S/C22H21N3O5/c26-5-4-16-2-1-3-17(12-16)25-22-18-13-20-21(14-19(18)23-15-24-22)30-11-9-28-7-6-27-8-10-29-20/h1-3,12-15,26H,6-11H2,(H,23,24,25). The molecule has 0 atom stereocenters. The number of aliphatic hydroxyl groups is 1. The zero-order valence-corrected chi connectivity index (χ0v) is 16.3. The van der Waals surface area contributed by atoms with Crippen LogP contribution in [-0.2, 0) is 9.47 Å². The fourth-order valence-electron chi connectivity index (χ4n) is 3.01. The Labute approximate surface area is 173 Å². The van der Waals surface area contributed by atoms with Gasteiger partial charge < -0.3 is 29.4 Å². The second-order valence-electron chi connectivity index (χ2n) is 6.40. The number of hydrogen-bond acceptors (Lipinski definition) is 8. The molecule has 0 unspecified atom stereocenters. The molecule has 0 amide bonds. The monoisotopic (exact) mass is 407 g/mol. The predicted molar refractivity (Wildman–Crippen MR) is 111 cm³/mol. The molecule has 8 nitrogen and oxygen atoms in total. The number of benzene rings is 2. The van der Waals surface area contributed by atoms with Crippen molar-refractivity contribution in [2.45, 2.75) is 0 Å². The van der Waals surface area contributed by atoms with Gasteiger partial charge in [-0.25, -0.2) is 9.97 Å². The van der Waals surface area contributed by atoms with Crippen LogP contribution >= 0.6 is 0 Å². The lowest BCUT2D eigenvalue weighted by atomic mass is 10.2. The van der Waals surface area contributed by atoms with E-state index in [4.69, 9.17) is 24.1 Å². The van der Waals surface area contributed by atoms with E-state index in [9.17, 15) is 0 Å². The number of anilines is 2. The summed E-state index contributed by atoms with van der Waals surface area (Å²) >= 11 is 0. The third-order valence-corrected chi connectivity index (χ3v) is 4.37. The summed E-state index contributed by atoms with van der Waals surface area (Å²) in [5.41, 5.74) is 2.18. The molecule has 2 aromatic carbocycles. The molecule has 0 radical (unpaired) electrons. The highest BCUT2D eigenvalue weighted by molar-refractivity contribution is 5.93. The highest BCUT2D eigenvalue weighted by Crippen LogP contribution is 2.35. The van der Waals surface area contributed by atoms with Crippen LogP contribution in [0.25, 0.3) is 10.9 Å². The first-order valence-corrected chi connectivity index (χ1v) is 9.55. The van der Waals surface area contributed by atoms with Gasteiger partial charge in [-0.05, 0) is 30.2 Å². The Morgan fingerprint density at radius 3 is 2.37 bits per heavy atom. The van der Waals surface area contributed by atoms with Gasteiger partial charge in [-0.15, -0.1) is 0 Å². The summed E-state index contributed by atoms with van der Waals surface area (Å²) in [7, 11) is 0. The first-order chi connectivity index (χ1) is 14.8. The molecule has 4 rings (SSSR count). The van der Waals surface area contributed by atoms with Gasteiger partial charge in [0, 0.05) is 22.7 Å². The summed E-state index contributed by atoms with van der Waals surface area (Å²) in [6, 6.07) is 11.1. The molecular weight excluding hydrogens is 386 g/mol. The number of nitrogens with zero attached hydrogens (tertiary/aromatic N) is 2. The van der Waals surface area contributed by atoms with E-state index < -0.39 is 0 Å². The Morgan fingerprint density at radius 2 is 1.60 bits per heavy atom. The maximum Gasteiger partial charge on any atom is 0.163 e. The number of nitrogens with one attached hydrogen (secondary N) is 1. The molecule has 1 aromatic heterocycles. The Bertz CT molecular complexity index is 1080. The van der Waals surface area contributed by atoms with Crippen LogP contribution in [0, 0.1) is 12.0 Å². The topological polar surface area (TPSA) is 95.0 Å². The van der Waals surface area contributed by atoms with Crippen LogP contribution in [0.15, 0.2) is 42.7 Å². The molecule has 0 saturated heterocycles. The van der Waals surface area contributed by atoms with Crippen molar-refractivity contribution >= 4 is 22.4 Å². The molecule has 2 heterocycles. The quantitative estimate of drug-likeness (QED) is 0.627. The Morgan fingerprint density at radius 1 is 0.867 bits per heavy atom. The summed E-state index contributed by atoms with van der Waals surface area (Å²) in [6.45, 7) is 2.76. The number of ether oxygens (including phenoxy) is 4. The fourth-order valence-corrected chi connectivity index (χ4v) is 3.01. The second-order valence-corrected chi connectivity index (χ2v) is 6.40. The summed E-state index contributed by atoms with van der Waals surface area (Å²) in [6.07, 6.45) is 3.40. The number of aliphatic hydroxyl groups excluding tert-OH is 1. The highest BCUT2D eigenvalue weighted by atomic mass is 16.6. The van der Waals surface area contributed by atoms with Gasteiger partial charge in [-0.1, -0.05) is 6.07 Å². The number of aromatic nitrogens is 2. The molecule has 2 N–H and O–H groups in total.